The van der Waals surface area contributed by atoms with Crippen LogP contribution in [0.25, 0.3) is 0 Å². The van der Waals surface area contributed by atoms with Crippen molar-refractivity contribution in [3.63, 3.8) is 0 Å². The smallest absolute Gasteiger partial charge is 0.387 e. The van der Waals surface area contributed by atoms with Gasteiger partial charge in [0.2, 0.25) is 5.91 Å². The van der Waals surface area contributed by atoms with Crippen molar-refractivity contribution >= 4 is 35.6 Å². The predicted molar refractivity (Wildman–Crippen MR) is 81.2 cm³/mol. The molecule has 0 aromatic heterocycles. The molecule has 2 N–H and O–H groups in total. The molecule has 0 spiro atoms. The average Bonchev–Trinajstić information content (AvgIpc) is 2.42. The summed E-state index contributed by atoms with van der Waals surface area (Å²) in [5.41, 5.74) is 0.412. The Morgan fingerprint density at radius 3 is 2.91 bits per heavy atom. The first-order valence-corrected chi connectivity index (χ1v) is 6.79. The molecule has 2 rings (SSSR count). The van der Waals surface area contributed by atoms with Gasteiger partial charge in [-0.15, -0.1) is 12.4 Å². The summed E-state index contributed by atoms with van der Waals surface area (Å²) < 4.78 is 33.8. The summed E-state index contributed by atoms with van der Waals surface area (Å²) in [4.78, 5) is 11.8. The van der Waals surface area contributed by atoms with E-state index >= 15 is 0 Å². The van der Waals surface area contributed by atoms with Gasteiger partial charge in [0, 0.05) is 18.8 Å². The highest BCUT2D eigenvalue weighted by molar-refractivity contribution is 6.32. The fraction of sp³-hybridized carbons (Fsp3) is 0.462. The fourth-order valence-corrected chi connectivity index (χ4v) is 2.16. The lowest BCUT2D eigenvalue weighted by molar-refractivity contribution is -0.119. The van der Waals surface area contributed by atoms with Crippen LogP contribution in [-0.2, 0) is 9.53 Å². The number of anilines is 1. The predicted octanol–water partition coefficient (Wildman–Crippen LogP) is 2.68. The monoisotopic (exact) mass is 356 g/mol. The van der Waals surface area contributed by atoms with Crippen LogP contribution in [0, 0.1) is 0 Å². The van der Waals surface area contributed by atoms with Gasteiger partial charge in [0.25, 0.3) is 0 Å². The van der Waals surface area contributed by atoms with E-state index in [-0.39, 0.29) is 41.6 Å². The van der Waals surface area contributed by atoms with E-state index in [0.717, 1.165) is 6.54 Å². The van der Waals surface area contributed by atoms with E-state index in [2.05, 4.69) is 15.4 Å². The minimum Gasteiger partial charge on any atom is -0.433 e. The number of hydrogen-bond donors (Lipinski definition) is 2. The van der Waals surface area contributed by atoms with Gasteiger partial charge in [-0.3, -0.25) is 4.79 Å². The summed E-state index contributed by atoms with van der Waals surface area (Å²) in [6.45, 7) is -0.975. The Bertz CT molecular complexity index is 500. The van der Waals surface area contributed by atoms with E-state index in [4.69, 9.17) is 16.3 Å². The summed E-state index contributed by atoms with van der Waals surface area (Å²) in [7, 11) is 0. The molecule has 9 heteroatoms. The molecule has 0 aliphatic carbocycles. The van der Waals surface area contributed by atoms with Gasteiger partial charge in [-0.1, -0.05) is 11.6 Å². The molecule has 1 aliphatic heterocycles. The lowest BCUT2D eigenvalue weighted by Crippen LogP contribution is -2.40. The highest BCUT2D eigenvalue weighted by Gasteiger charge is 2.17. The zero-order valence-corrected chi connectivity index (χ0v) is 13.1. The Balaban J connectivity index is 0.00000242. The Kier molecular flexibility index (Phi) is 7.81. The quantitative estimate of drug-likeness (QED) is 0.851. The number of benzene rings is 1. The summed E-state index contributed by atoms with van der Waals surface area (Å²) in [5, 5.41) is 5.76. The Labute approximate surface area is 137 Å². The molecule has 1 aromatic carbocycles. The van der Waals surface area contributed by atoms with Crippen LogP contribution in [0.5, 0.6) is 5.75 Å². The molecule has 0 radical (unpaired) electrons. The highest BCUT2D eigenvalue weighted by Crippen LogP contribution is 2.29. The maximum absolute atomic E-state index is 12.1. The van der Waals surface area contributed by atoms with Crippen molar-refractivity contribution in [3.05, 3.63) is 23.2 Å². The van der Waals surface area contributed by atoms with Crippen LogP contribution in [0.1, 0.15) is 6.42 Å². The van der Waals surface area contributed by atoms with E-state index in [0.29, 0.717) is 18.8 Å². The van der Waals surface area contributed by atoms with Gasteiger partial charge < -0.3 is 20.1 Å². The fourth-order valence-electron chi connectivity index (χ4n) is 1.94. The molecule has 1 aliphatic rings. The van der Waals surface area contributed by atoms with Crippen molar-refractivity contribution in [2.75, 3.05) is 25.0 Å². The van der Waals surface area contributed by atoms with E-state index in [1.54, 1.807) is 0 Å². The van der Waals surface area contributed by atoms with E-state index in [9.17, 15) is 13.6 Å². The number of hydrogen-bond acceptors (Lipinski definition) is 4. The Hall–Kier alpha value is -1.15. The zero-order valence-electron chi connectivity index (χ0n) is 11.5. The average molecular weight is 357 g/mol. The van der Waals surface area contributed by atoms with Crippen LogP contribution in [0.2, 0.25) is 5.02 Å². The third kappa shape index (κ3) is 5.92. The van der Waals surface area contributed by atoms with E-state index in [1.165, 1.54) is 18.2 Å². The summed E-state index contributed by atoms with van der Waals surface area (Å²) in [5.74, 6) is -0.369. The molecule has 22 heavy (non-hydrogen) atoms. The maximum Gasteiger partial charge on any atom is 0.387 e. The lowest BCUT2D eigenvalue weighted by Gasteiger charge is -2.23. The van der Waals surface area contributed by atoms with Gasteiger partial charge >= 0.3 is 6.61 Å². The number of morpholine rings is 1. The highest BCUT2D eigenvalue weighted by atomic mass is 35.5. The molecular weight excluding hydrogens is 341 g/mol. The molecule has 0 saturated carbocycles. The first kappa shape index (κ1) is 18.9. The zero-order chi connectivity index (χ0) is 15.2. The molecule has 1 aromatic rings. The molecule has 1 fully saturated rings. The van der Waals surface area contributed by atoms with Gasteiger partial charge in [-0.2, -0.15) is 8.78 Å². The number of rotatable bonds is 5. The Morgan fingerprint density at radius 1 is 1.55 bits per heavy atom. The standard InChI is InChI=1S/C13H15ClF2N2O3.ClH/c14-10-5-8(1-2-11(10)21-13(15)16)18-12(19)6-9-7-17-3-4-20-9;/h1-2,5,9,13,17H,3-4,6-7H2,(H,18,19);1H. The van der Waals surface area contributed by atoms with E-state index < -0.39 is 6.61 Å². The molecule has 0 bridgehead atoms. The number of ether oxygens (including phenoxy) is 2. The van der Waals surface area contributed by atoms with Crippen molar-refractivity contribution in [1.29, 1.82) is 0 Å². The number of halogens is 4. The van der Waals surface area contributed by atoms with Crippen LogP contribution >= 0.6 is 24.0 Å². The minimum absolute atomic E-state index is 0. The second-order valence-electron chi connectivity index (χ2n) is 4.47. The largest absolute Gasteiger partial charge is 0.433 e. The third-order valence-corrected chi connectivity index (χ3v) is 3.14. The van der Waals surface area contributed by atoms with Crippen LogP contribution in [-0.4, -0.2) is 38.3 Å². The molecule has 1 amide bonds. The lowest BCUT2D eigenvalue weighted by atomic mass is 10.2. The second-order valence-corrected chi connectivity index (χ2v) is 4.88. The number of alkyl halides is 2. The van der Waals surface area contributed by atoms with Gasteiger partial charge in [0.05, 0.1) is 24.2 Å². The topological polar surface area (TPSA) is 59.6 Å². The second kappa shape index (κ2) is 9.09. The maximum atomic E-state index is 12.1. The SMILES string of the molecule is Cl.O=C(CC1CNCCO1)Nc1ccc(OC(F)F)c(Cl)c1. The Morgan fingerprint density at radius 2 is 2.32 bits per heavy atom. The molecule has 1 atom stereocenters. The molecule has 124 valence electrons. The normalized spacial score (nSPS) is 17.7. The molecular formula is C13H16Cl2F2N2O3. The number of carbonyl (C=O) groups is 1. The summed E-state index contributed by atoms with van der Waals surface area (Å²) in [6.07, 6.45) is 0.0376. The van der Waals surface area contributed by atoms with Crippen molar-refractivity contribution in [1.82, 2.24) is 5.32 Å². The number of nitrogens with one attached hydrogen (secondary N) is 2. The van der Waals surface area contributed by atoms with E-state index in [1.807, 2.05) is 0 Å². The molecule has 5 nitrogen and oxygen atoms in total. The van der Waals surface area contributed by atoms with Gasteiger partial charge in [0.15, 0.2) is 0 Å². The van der Waals surface area contributed by atoms with Crippen molar-refractivity contribution in [2.24, 2.45) is 0 Å². The molecule has 1 saturated heterocycles. The third-order valence-electron chi connectivity index (χ3n) is 2.85. The van der Waals surface area contributed by atoms with Gasteiger partial charge in [-0.05, 0) is 18.2 Å². The van der Waals surface area contributed by atoms with Crippen LogP contribution in [0.3, 0.4) is 0 Å². The molecule has 1 unspecified atom stereocenters. The minimum atomic E-state index is -2.95. The number of carbonyl (C=O) groups excluding carboxylic acids is 1. The first-order valence-electron chi connectivity index (χ1n) is 6.41. The van der Waals surface area contributed by atoms with Gasteiger partial charge in [-0.25, -0.2) is 0 Å². The summed E-state index contributed by atoms with van der Waals surface area (Å²) in [6, 6.07) is 4.08. The van der Waals surface area contributed by atoms with Crippen LogP contribution < -0.4 is 15.4 Å². The molecule has 1 heterocycles. The number of amides is 1. The van der Waals surface area contributed by atoms with Crippen LogP contribution in [0.15, 0.2) is 18.2 Å². The van der Waals surface area contributed by atoms with Crippen LogP contribution in [0.4, 0.5) is 14.5 Å². The van der Waals surface area contributed by atoms with Gasteiger partial charge in [0.1, 0.15) is 5.75 Å². The van der Waals surface area contributed by atoms with Crippen molar-refractivity contribution in [3.8, 4) is 5.75 Å². The summed E-state index contributed by atoms with van der Waals surface area (Å²) >= 11 is 5.80. The van der Waals surface area contributed by atoms with Crippen molar-refractivity contribution < 1.29 is 23.0 Å². The first-order chi connectivity index (χ1) is 10.0. The van der Waals surface area contributed by atoms with Crippen molar-refractivity contribution in [2.45, 2.75) is 19.1 Å².